The topological polar surface area (TPSA) is 62.3 Å². The number of hydrogen-bond acceptors (Lipinski definition) is 4. The Hall–Kier alpha value is -2.55. The Morgan fingerprint density at radius 1 is 1.18 bits per heavy atom. The summed E-state index contributed by atoms with van der Waals surface area (Å²) in [5.74, 6) is -1.13. The summed E-state index contributed by atoms with van der Waals surface area (Å²) in [6, 6.07) is 11.6. The quantitative estimate of drug-likeness (QED) is 0.821. The second-order valence-corrected chi connectivity index (χ2v) is 7.38. The molecule has 0 saturated carbocycles. The van der Waals surface area contributed by atoms with Crippen LogP contribution in [-0.4, -0.2) is 47.0 Å². The predicted molar refractivity (Wildman–Crippen MR) is 97.9 cm³/mol. The van der Waals surface area contributed by atoms with Crippen molar-refractivity contribution < 1.29 is 22.8 Å². The number of pyridine rings is 1. The van der Waals surface area contributed by atoms with Crippen molar-refractivity contribution in [2.75, 3.05) is 13.1 Å². The molecule has 2 amide bonds. The molecule has 1 aromatic carbocycles. The lowest BCUT2D eigenvalue weighted by atomic mass is 10.1. The molecule has 0 radical (unpaired) electrons. The number of carbonyl (C=O) groups is 2. The van der Waals surface area contributed by atoms with Crippen LogP contribution in [0.4, 0.5) is 13.2 Å². The van der Waals surface area contributed by atoms with Crippen LogP contribution >= 0.6 is 11.8 Å². The van der Waals surface area contributed by atoms with Gasteiger partial charge in [-0.05, 0) is 49.2 Å². The molecule has 1 unspecified atom stereocenters. The van der Waals surface area contributed by atoms with Crippen LogP contribution in [0.5, 0.6) is 0 Å². The van der Waals surface area contributed by atoms with E-state index in [9.17, 15) is 22.8 Å². The van der Waals surface area contributed by atoms with Gasteiger partial charge in [0.2, 0.25) is 5.91 Å². The Balaban J connectivity index is 1.64. The summed E-state index contributed by atoms with van der Waals surface area (Å²) in [5, 5.41) is 2.69. The van der Waals surface area contributed by atoms with Gasteiger partial charge in [-0.15, -0.1) is 0 Å². The van der Waals surface area contributed by atoms with E-state index in [0.717, 1.165) is 9.92 Å². The molecule has 1 saturated heterocycles. The van der Waals surface area contributed by atoms with Crippen LogP contribution in [0, 0.1) is 0 Å². The van der Waals surface area contributed by atoms with Crippen LogP contribution in [0.15, 0.2) is 58.6 Å². The lowest BCUT2D eigenvalue weighted by Crippen LogP contribution is -2.48. The number of likely N-dealkylation sites (tertiary alicyclic amines) is 1. The zero-order chi connectivity index (χ0) is 20.1. The number of rotatable bonds is 5. The number of alkyl halides is 3. The van der Waals surface area contributed by atoms with Gasteiger partial charge in [0.1, 0.15) is 17.6 Å². The SMILES string of the molecule is O=C(NCC(F)(F)F)C1CCCN1C(=O)c1ccc(Sc2ccccn2)cc1. The van der Waals surface area contributed by atoms with Crippen LogP contribution < -0.4 is 5.32 Å². The number of benzene rings is 1. The molecule has 1 atom stereocenters. The van der Waals surface area contributed by atoms with E-state index in [2.05, 4.69) is 4.98 Å². The number of halogens is 3. The van der Waals surface area contributed by atoms with Gasteiger partial charge in [0.25, 0.3) is 5.91 Å². The molecular weight excluding hydrogens is 391 g/mol. The minimum Gasteiger partial charge on any atom is -0.345 e. The molecular formula is C19H18F3N3O2S. The van der Waals surface area contributed by atoms with Gasteiger partial charge in [0.15, 0.2) is 0 Å². The third-order valence-corrected chi connectivity index (χ3v) is 5.20. The van der Waals surface area contributed by atoms with Crippen LogP contribution in [0.2, 0.25) is 0 Å². The normalized spacial score (nSPS) is 16.8. The fourth-order valence-electron chi connectivity index (χ4n) is 2.95. The molecule has 0 aliphatic carbocycles. The van der Waals surface area contributed by atoms with Crippen molar-refractivity contribution in [1.29, 1.82) is 0 Å². The van der Waals surface area contributed by atoms with E-state index in [0.29, 0.717) is 24.9 Å². The fraction of sp³-hybridized carbons (Fsp3) is 0.316. The number of amides is 2. The number of aromatic nitrogens is 1. The summed E-state index contributed by atoms with van der Waals surface area (Å²) in [6.45, 7) is -1.06. The van der Waals surface area contributed by atoms with Gasteiger partial charge in [0, 0.05) is 23.2 Å². The summed E-state index contributed by atoms with van der Waals surface area (Å²) in [6.07, 6.45) is -1.87. The highest BCUT2D eigenvalue weighted by molar-refractivity contribution is 7.99. The van der Waals surface area contributed by atoms with Crippen molar-refractivity contribution in [3.8, 4) is 0 Å². The fourth-order valence-corrected chi connectivity index (χ4v) is 3.72. The van der Waals surface area contributed by atoms with E-state index >= 15 is 0 Å². The molecule has 5 nitrogen and oxygen atoms in total. The van der Waals surface area contributed by atoms with Gasteiger partial charge in [-0.3, -0.25) is 9.59 Å². The second kappa shape index (κ2) is 8.64. The standard InChI is InChI=1S/C19H18F3N3O2S/c20-19(21,22)12-24-17(26)15-4-3-11-25(15)18(27)13-6-8-14(9-7-13)28-16-5-1-2-10-23-16/h1-2,5-10,15H,3-4,11-12H2,(H,24,26). The zero-order valence-corrected chi connectivity index (χ0v) is 15.6. The Kier molecular flexibility index (Phi) is 6.23. The van der Waals surface area contributed by atoms with Gasteiger partial charge in [-0.1, -0.05) is 17.8 Å². The average molecular weight is 409 g/mol. The van der Waals surface area contributed by atoms with Crippen molar-refractivity contribution >= 4 is 23.6 Å². The maximum absolute atomic E-state index is 12.7. The van der Waals surface area contributed by atoms with Crippen molar-refractivity contribution in [3.63, 3.8) is 0 Å². The lowest BCUT2D eigenvalue weighted by molar-refractivity contribution is -0.140. The van der Waals surface area contributed by atoms with Crippen LogP contribution in [0.3, 0.4) is 0 Å². The molecule has 0 bridgehead atoms. The molecule has 1 aromatic heterocycles. The summed E-state index contributed by atoms with van der Waals surface area (Å²) in [7, 11) is 0. The van der Waals surface area contributed by atoms with Crippen molar-refractivity contribution in [1.82, 2.24) is 15.2 Å². The monoisotopic (exact) mass is 409 g/mol. The minimum absolute atomic E-state index is 0.341. The van der Waals surface area contributed by atoms with E-state index in [4.69, 9.17) is 0 Å². The van der Waals surface area contributed by atoms with Gasteiger partial charge < -0.3 is 10.2 Å². The molecule has 28 heavy (non-hydrogen) atoms. The highest BCUT2D eigenvalue weighted by Crippen LogP contribution is 2.27. The van der Waals surface area contributed by atoms with Gasteiger partial charge in [-0.2, -0.15) is 13.2 Å². The minimum atomic E-state index is -4.48. The van der Waals surface area contributed by atoms with Crippen LogP contribution in [0.25, 0.3) is 0 Å². The summed E-state index contributed by atoms with van der Waals surface area (Å²) in [5.41, 5.74) is 0.390. The second-order valence-electron chi connectivity index (χ2n) is 6.28. The summed E-state index contributed by atoms with van der Waals surface area (Å²) >= 11 is 1.45. The first-order valence-electron chi connectivity index (χ1n) is 8.68. The average Bonchev–Trinajstić information content (AvgIpc) is 3.16. The molecule has 9 heteroatoms. The summed E-state index contributed by atoms with van der Waals surface area (Å²) in [4.78, 5) is 31.3. The number of nitrogens with zero attached hydrogens (tertiary/aromatic N) is 2. The highest BCUT2D eigenvalue weighted by Gasteiger charge is 2.36. The third-order valence-electron chi connectivity index (χ3n) is 4.24. The molecule has 1 aliphatic heterocycles. The van der Waals surface area contributed by atoms with E-state index in [-0.39, 0.29) is 5.91 Å². The van der Waals surface area contributed by atoms with Crippen molar-refractivity contribution in [2.24, 2.45) is 0 Å². The summed E-state index contributed by atoms with van der Waals surface area (Å²) < 4.78 is 36.9. The van der Waals surface area contributed by atoms with Gasteiger partial charge in [0.05, 0.1) is 0 Å². The maximum Gasteiger partial charge on any atom is 0.405 e. The molecule has 1 aliphatic rings. The van der Waals surface area contributed by atoms with Crippen LogP contribution in [-0.2, 0) is 4.79 Å². The van der Waals surface area contributed by atoms with Gasteiger partial charge >= 0.3 is 6.18 Å². The number of nitrogens with one attached hydrogen (secondary N) is 1. The lowest BCUT2D eigenvalue weighted by Gasteiger charge is -2.24. The Morgan fingerprint density at radius 2 is 1.93 bits per heavy atom. The van der Waals surface area contributed by atoms with E-state index in [1.807, 2.05) is 23.5 Å². The first-order valence-corrected chi connectivity index (χ1v) is 9.49. The Bertz CT molecular complexity index is 829. The zero-order valence-electron chi connectivity index (χ0n) is 14.8. The van der Waals surface area contributed by atoms with Gasteiger partial charge in [-0.25, -0.2) is 4.98 Å². The molecule has 2 aromatic rings. The van der Waals surface area contributed by atoms with Crippen LogP contribution in [0.1, 0.15) is 23.2 Å². The molecule has 0 spiro atoms. The number of carbonyl (C=O) groups excluding carboxylic acids is 2. The van der Waals surface area contributed by atoms with E-state index in [1.165, 1.54) is 16.7 Å². The first-order chi connectivity index (χ1) is 13.3. The first kappa shape index (κ1) is 20.2. The Morgan fingerprint density at radius 3 is 2.57 bits per heavy atom. The molecule has 1 fully saturated rings. The smallest absolute Gasteiger partial charge is 0.345 e. The molecule has 3 rings (SSSR count). The third kappa shape index (κ3) is 5.25. The number of hydrogen-bond donors (Lipinski definition) is 1. The largest absolute Gasteiger partial charge is 0.405 e. The molecule has 2 heterocycles. The molecule has 1 N–H and O–H groups in total. The van der Waals surface area contributed by atoms with E-state index in [1.54, 1.807) is 30.5 Å². The van der Waals surface area contributed by atoms with Crippen molar-refractivity contribution in [3.05, 3.63) is 54.2 Å². The van der Waals surface area contributed by atoms with Crippen molar-refractivity contribution in [2.45, 2.75) is 35.0 Å². The highest BCUT2D eigenvalue weighted by atomic mass is 32.2. The predicted octanol–water partition coefficient (Wildman–Crippen LogP) is 3.52. The molecule has 148 valence electrons. The van der Waals surface area contributed by atoms with E-state index < -0.39 is 24.7 Å². The maximum atomic E-state index is 12.7. The Labute approximate surface area is 164 Å².